The Kier molecular flexibility index (Phi) is 9.66. The van der Waals surface area contributed by atoms with Crippen molar-refractivity contribution in [2.75, 3.05) is 56.2 Å². The molecule has 1 atom stereocenters. The Hall–Kier alpha value is -5.30. The normalized spacial score (nSPS) is 25.5. The molecule has 2 bridgehead atoms. The maximum atomic E-state index is 12.3. The summed E-state index contributed by atoms with van der Waals surface area (Å²) in [4.78, 5) is 38.6. The van der Waals surface area contributed by atoms with E-state index >= 15 is 0 Å². The number of fused-ring (bicyclic) bond motifs is 4. The summed E-state index contributed by atoms with van der Waals surface area (Å²) in [5.41, 5.74) is 6.32. The molecule has 6 aliphatic rings. The fraction of sp³-hybridized carbons (Fsp3) is 0.488. The van der Waals surface area contributed by atoms with Crippen molar-refractivity contribution in [1.29, 1.82) is 5.26 Å². The molecule has 3 aliphatic carbocycles. The smallest absolute Gasteiger partial charge is 0.234 e. The van der Waals surface area contributed by atoms with E-state index in [1.807, 2.05) is 47.2 Å². The van der Waals surface area contributed by atoms with E-state index in [4.69, 9.17) is 24.9 Å². The average molecular weight is 798 g/mol. The average Bonchev–Trinajstić information content (AvgIpc) is 3.94. The summed E-state index contributed by atoms with van der Waals surface area (Å²) in [6, 6.07) is 14.4. The van der Waals surface area contributed by atoms with E-state index in [0.29, 0.717) is 23.8 Å². The summed E-state index contributed by atoms with van der Waals surface area (Å²) in [6.07, 6.45) is 15.2. The van der Waals surface area contributed by atoms with Crippen LogP contribution in [0, 0.1) is 16.7 Å². The number of aromatic nitrogens is 6. The Morgan fingerprint density at radius 2 is 1.72 bits per heavy atom. The first-order valence-electron chi connectivity index (χ1n) is 20.7. The number of carbonyl (C=O) groups excluding carboxylic acids is 2. The quantitative estimate of drug-likeness (QED) is 0.175. The second-order valence-corrected chi connectivity index (χ2v) is 17.9. The zero-order chi connectivity index (χ0) is 39.3. The Labute approximate surface area is 341 Å². The lowest BCUT2D eigenvalue weighted by atomic mass is 9.54. The van der Waals surface area contributed by atoms with Crippen molar-refractivity contribution in [3.8, 4) is 28.0 Å². The first kappa shape index (κ1) is 37.0. The van der Waals surface area contributed by atoms with Crippen molar-refractivity contribution in [1.82, 2.24) is 40.0 Å². The van der Waals surface area contributed by atoms with Gasteiger partial charge < -0.3 is 15.0 Å². The lowest BCUT2D eigenvalue weighted by molar-refractivity contribution is -0.134. The molecule has 15 heteroatoms. The van der Waals surface area contributed by atoms with Crippen molar-refractivity contribution in [2.24, 2.45) is 5.41 Å². The molecule has 3 aliphatic heterocycles. The van der Waals surface area contributed by atoms with Gasteiger partial charge in [0, 0.05) is 81.9 Å². The lowest BCUT2D eigenvalue weighted by Crippen LogP contribution is -2.53. The number of carbonyl (C=O) groups is 2. The topological polar surface area (TPSA) is 167 Å². The summed E-state index contributed by atoms with van der Waals surface area (Å²) in [6.45, 7) is 6.52. The van der Waals surface area contributed by atoms with E-state index in [1.54, 1.807) is 17.5 Å². The van der Waals surface area contributed by atoms with Crippen molar-refractivity contribution in [3.05, 3.63) is 71.1 Å². The molecule has 0 radical (unpaired) electrons. The molecule has 5 aromatic rings. The molecular weight excluding hydrogens is 751 g/mol. The predicted molar refractivity (Wildman–Crippen MR) is 219 cm³/mol. The molecule has 298 valence electrons. The van der Waals surface area contributed by atoms with Gasteiger partial charge in [0.2, 0.25) is 11.8 Å². The van der Waals surface area contributed by atoms with Crippen molar-refractivity contribution in [3.63, 3.8) is 0 Å². The highest BCUT2D eigenvalue weighted by atomic mass is 32.1. The minimum atomic E-state index is -0.307. The van der Waals surface area contributed by atoms with Crippen LogP contribution in [0.3, 0.4) is 0 Å². The number of nitrogens with zero attached hydrogens (tertiary/aromatic N) is 9. The number of imide groups is 1. The molecular formula is C43H47N11O3S. The molecule has 5 aromatic heterocycles. The molecule has 2 N–H and O–H groups in total. The van der Waals surface area contributed by atoms with Gasteiger partial charge in [0.05, 0.1) is 40.1 Å². The molecule has 14 nitrogen and oxygen atoms in total. The number of hydrogen-bond acceptors (Lipinski definition) is 13. The Bertz CT molecular complexity index is 2370. The number of rotatable bonds is 9. The van der Waals surface area contributed by atoms with Gasteiger partial charge >= 0.3 is 0 Å². The number of pyridine rings is 2. The standard InChI is InChI=1S/C43H47N11O3S/c44-23-28-21-31-2-4-36(54(31)47-24-28)35-22-34(48-30-7-19-57-20-8-30)33(26-45-35)40-50-51-41(58-40)43-12-9-42(10-13-43,11-14-43)27-52-15-17-53(18-16-52)37-5-1-29(25-46-37)32-3-6-38(55)49-39(32)56/h1-2,4-5,21-22,24-26,30,32H,3,6-20,27H2,(H,45,48)(H,49,55,56). The van der Waals surface area contributed by atoms with Crippen LogP contribution < -0.4 is 15.5 Å². The van der Waals surface area contributed by atoms with Gasteiger partial charge in [-0.3, -0.25) is 24.8 Å². The summed E-state index contributed by atoms with van der Waals surface area (Å²) >= 11 is 1.74. The van der Waals surface area contributed by atoms with Crippen molar-refractivity contribution in [2.45, 2.75) is 81.6 Å². The van der Waals surface area contributed by atoms with Crippen LogP contribution in [0.2, 0.25) is 0 Å². The summed E-state index contributed by atoms with van der Waals surface area (Å²) in [5.74, 6) is 0.228. The van der Waals surface area contributed by atoms with E-state index in [0.717, 1.165) is 128 Å². The van der Waals surface area contributed by atoms with Crippen LogP contribution >= 0.6 is 11.3 Å². The molecule has 0 spiro atoms. The van der Waals surface area contributed by atoms with Gasteiger partial charge in [0.25, 0.3) is 0 Å². The first-order chi connectivity index (χ1) is 28.4. The van der Waals surface area contributed by atoms with Gasteiger partial charge in [0.1, 0.15) is 16.9 Å². The maximum Gasteiger partial charge on any atom is 0.234 e. The van der Waals surface area contributed by atoms with Crippen LogP contribution in [0.4, 0.5) is 11.5 Å². The van der Waals surface area contributed by atoms with Crippen LogP contribution in [0.5, 0.6) is 0 Å². The van der Waals surface area contributed by atoms with Crippen molar-refractivity contribution < 1.29 is 14.3 Å². The van der Waals surface area contributed by atoms with Gasteiger partial charge in [0.15, 0.2) is 5.01 Å². The fourth-order valence-corrected chi connectivity index (χ4v) is 11.1. The number of anilines is 2. The van der Waals surface area contributed by atoms with Crippen LogP contribution in [-0.2, 0) is 19.7 Å². The Morgan fingerprint density at radius 1 is 0.914 bits per heavy atom. The van der Waals surface area contributed by atoms with E-state index in [9.17, 15) is 14.9 Å². The lowest BCUT2D eigenvalue weighted by Gasteiger charge is -2.54. The van der Waals surface area contributed by atoms with Crippen LogP contribution in [0.1, 0.15) is 86.3 Å². The molecule has 2 amide bonds. The number of nitriles is 1. The van der Waals surface area contributed by atoms with E-state index in [1.165, 1.54) is 19.3 Å². The molecule has 1 unspecified atom stereocenters. The van der Waals surface area contributed by atoms with E-state index in [-0.39, 0.29) is 29.2 Å². The van der Waals surface area contributed by atoms with Gasteiger partial charge in [-0.1, -0.05) is 17.4 Å². The summed E-state index contributed by atoms with van der Waals surface area (Å²) < 4.78 is 7.50. The molecule has 3 saturated heterocycles. The largest absolute Gasteiger partial charge is 0.381 e. The monoisotopic (exact) mass is 797 g/mol. The third-order valence-electron chi connectivity index (χ3n) is 13.6. The minimum absolute atomic E-state index is 0.0858. The zero-order valence-electron chi connectivity index (χ0n) is 32.5. The number of nitrogens with one attached hydrogen (secondary N) is 2. The molecule has 58 heavy (non-hydrogen) atoms. The van der Waals surface area contributed by atoms with Gasteiger partial charge in [-0.05, 0) is 99.1 Å². The van der Waals surface area contributed by atoms with Gasteiger partial charge in [-0.25, -0.2) is 9.50 Å². The van der Waals surface area contributed by atoms with Crippen LogP contribution in [0.15, 0.2) is 55.0 Å². The van der Waals surface area contributed by atoms with Gasteiger partial charge in [-0.15, -0.1) is 10.2 Å². The number of amides is 2. The Morgan fingerprint density at radius 3 is 2.47 bits per heavy atom. The highest BCUT2D eigenvalue weighted by molar-refractivity contribution is 7.14. The highest BCUT2D eigenvalue weighted by Crippen LogP contribution is 2.58. The van der Waals surface area contributed by atoms with E-state index < -0.39 is 0 Å². The number of piperidine rings is 1. The van der Waals surface area contributed by atoms with Crippen molar-refractivity contribution >= 4 is 40.2 Å². The molecule has 8 heterocycles. The second kappa shape index (κ2) is 15.1. The maximum absolute atomic E-state index is 12.3. The second-order valence-electron chi connectivity index (χ2n) is 17.0. The Balaban J connectivity index is 0.796. The molecule has 6 fully saturated rings. The fourth-order valence-electron chi connectivity index (χ4n) is 9.98. The van der Waals surface area contributed by atoms with E-state index in [2.05, 4.69) is 37.7 Å². The molecule has 3 saturated carbocycles. The number of ether oxygens (including phenoxy) is 1. The first-order valence-corrected chi connectivity index (χ1v) is 21.5. The predicted octanol–water partition coefficient (Wildman–Crippen LogP) is 5.71. The van der Waals surface area contributed by atoms with Crippen LogP contribution in [-0.4, -0.2) is 98.5 Å². The number of piperazine rings is 1. The molecule has 11 rings (SSSR count). The number of hydrogen-bond donors (Lipinski definition) is 2. The summed E-state index contributed by atoms with van der Waals surface area (Å²) in [7, 11) is 0. The molecule has 0 aromatic carbocycles. The SMILES string of the molecule is N#Cc1cnn2c(-c3cc(NC4CCOCC4)c(-c4nnc(C56CCC(CN7CCN(c8ccc(C9CCC(=O)NC9=O)cn8)CC7)(CC5)CC6)s4)cn3)ccc2c1. The third-order valence-corrected chi connectivity index (χ3v) is 14.8. The third kappa shape index (κ3) is 7.01. The zero-order valence-corrected chi connectivity index (χ0v) is 33.3. The highest BCUT2D eigenvalue weighted by Gasteiger charge is 2.51. The van der Waals surface area contributed by atoms with Gasteiger partial charge in [-0.2, -0.15) is 10.4 Å². The summed E-state index contributed by atoms with van der Waals surface area (Å²) in [5, 5.41) is 32.0. The van der Waals surface area contributed by atoms with Crippen LogP contribution in [0.25, 0.3) is 27.5 Å². The minimum Gasteiger partial charge on any atom is -0.381 e.